The summed E-state index contributed by atoms with van der Waals surface area (Å²) < 4.78 is 25.7. The van der Waals surface area contributed by atoms with Gasteiger partial charge >= 0.3 is 29.8 Å². The Balaban J connectivity index is 3.39. The number of carbonyl (C=O) groups excluding carboxylic acids is 6. The SMILES string of the molecule is COC(=O)CC[C@H](N)C(=O)N[C@@H](C[C@@H]1O[C@H](COC(C)=O)[C@@H](OC(C)=O)[C@H](OC(C)=O)[C@H]1O)C(=O)NC(C)(C)C(=O)O. The highest BCUT2D eigenvalue weighted by Gasteiger charge is 2.50. The van der Waals surface area contributed by atoms with E-state index in [2.05, 4.69) is 15.4 Å². The van der Waals surface area contributed by atoms with Gasteiger partial charge in [-0.2, -0.15) is 0 Å². The molecule has 1 fully saturated rings. The molecule has 238 valence electrons. The summed E-state index contributed by atoms with van der Waals surface area (Å²) in [4.78, 5) is 84.2. The molecule has 42 heavy (non-hydrogen) atoms. The predicted octanol–water partition coefficient (Wildman–Crippen LogP) is -2.32. The first kappa shape index (κ1) is 36.2. The van der Waals surface area contributed by atoms with Crippen LogP contribution in [0, 0.1) is 0 Å². The van der Waals surface area contributed by atoms with Gasteiger partial charge in [0.2, 0.25) is 11.8 Å². The fourth-order valence-electron chi connectivity index (χ4n) is 3.89. The molecule has 0 bridgehead atoms. The van der Waals surface area contributed by atoms with Crippen LogP contribution in [0.3, 0.4) is 0 Å². The molecule has 2 amide bonds. The highest BCUT2D eigenvalue weighted by molar-refractivity contribution is 5.93. The van der Waals surface area contributed by atoms with Crippen LogP contribution < -0.4 is 16.4 Å². The van der Waals surface area contributed by atoms with Crippen LogP contribution in [0.4, 0.5) is 0 Å². The molecule has 1 aliphatic heterocycles. The molecule has 0 aromatic heterocycles. The summed E-state index contributed by atoms with van der Waals surface area (Å²) in [5.41, 5.74) is 4.06. The van der Waals surface area contributed by atoms with E-state index in [-0.39, 0.29) is 12.8 Å². The summed E-state index contributed by atoms with van der Waals surface area (Å²) in [6.45, 7) is 5.05. The number of hydrogen-bond donors (Lipinski definition) is 5. The lowest BCUT2D eigenvalue weighted by Gasteiger charge is -2.44. The minimum Gasteiger partial charge on any atom is -0.480 e. The van der Waals surface area contributed by atoms with Crippen molar-refractivity contribution in [1.82, 2.24) is 10.6 Å². The average molecular weight is 606 g/mol. The van der Waals surface area contributed by atoms with Gasteiger partial charge in [0, 0.05) is 33.6 Å². The number of nitrogens with two attached hydrogens (primary N) is 1. The third-order valence-corrected chi connectivity index (χ3v) is 6.11. The Bertz CT molecular complexity index is 1030. The molecule has 1 heterocycles. The predicted molar refractivity (Wildman–Crippen MR) is 138 cm³/mol. The normalized spacial score (nSPS) is 23.4. The first-order valence-electron chi connectivity index (χ1n) is 12.9. The van der Waals surface area contributed by atoms with Crippen LogP contribution >= 0.6 is 0 Å². The third-order valence-electron chi connectivity index (χ3n) is 6.11. The van der Waals surface area contributed by atoms with Gasteiger partial charge in [-0.05, 0) is 20.3 Å². The van der Waals surface area contributed by atoms with Crippen molar-refractivity contribution in [2.24, 2.45) is 5.73 Å². The lowest BCUT2D eigenvalue weighted by atomic mass is 9.90. The Morgan fingerprint density at radius 1 is 0.929 bits per heavy atom. The smallest absolute Gasteiger partial charge is 0.328 e. The number of carboxylic acid groups (broad SMARTS) is 1. The number of amides is 2. The van der Waals surface area contributed by atoms with Crippen molar-refractivity contribution in [2.75, 3.05) is 13.7 Å². The minimum absolute atomic E-state index is 0.154. The van der Waals surface area contributed by atoms with Crippen molar-refractivity contribution < 1.29 is 67.5 Å². The maximum atomic E-state index is 13.2. The maximum Gasteiger partial charge on any atom is 0.328 e. The Morgan fingerprint density at radius 3 is 2.00 bits per heavy atom. The number of carbonyl (C=O) groups is 7. The fraction of sp³-hybridized carbons (Fsp3) is 0.720. The molecule has 17 nitrogen and oxygen atoms in total. The Morgan fingerprint density at radius 2 is 1.50 bits per heavy atom. The molecule has 7 atom stereocenters. The monoisotopic (exact) mass is 605 g/mol. The van der Waals surface area contributed by atoms with Crippen LogP contribution in [0.2, 0.25) is 0 Å². The van der Waals surface area contributed by atoms with Gasteiger partial charge in [0.15, 0.2) is 12.2 Å². The number of hydrogen-bond acceptors (Lipinski definition) is 14. The number of nitrogens with one attached hydrogen (secondary N) is 2. The molecule has 1 aliphatic rings. The van der Waals surface area contributed by atoms with Crippen molar-refractivity contribution in [3.63, 3.8) is 0 Å². The van der Waals surface area contributed by atoms with Crippen LogP contribution in [0.1, 0.15) is 53.9 Å². The number of ether oxygens (including phenoxy) is 5. The van der Waals surface area contributed by atoms with E-state index in [0.717, 1.165) is 27.9 Å². The molecule has 0 aromatic rings. The second kappa shape index (κ2) is 16.0. The van der Waals surface area contributed by atoms with Gasteiger partial charge < -0.3 is 50.3 Å². The molecule has 17 heteroatoms. The van der Waals surface area contributed by atoms with E-state index in [4.69, 9.17) is 24.7 Å². The lowest BCUT2D eigenvalue weighted by Crippen LogP contribution is -2.64. The number of carboxylic acids is 1. The summed E-state index contributed by atoms with van der Waals surface area (Å²) in [7, 11) is 1.15. The van der Waals surface area contributed by atoms with Crippen LogP contribution in [-0.4, -0.2) is 114 Å². The van der Waals surface area contributed by atoms with Crippen molar-refractivity contribution in [1.29, 1.82) is 0 Å². The molecular formula is C25H39N3O14. The van der Waals surface area contributed by atoms with Gasteiger partial charge in [0.25, 0.3) is 0 Å². The highest BCUT2D eigenvalue weighted by Crippen LogP contribution is 2.29. The number of aliphatic hydroxyl groups is 1. The van der Waals surface area contributed by atoms with E-state index in [9.17, 15) is 43.8 Å². The van der Waals surface area contributed by atoms with Gasteiger partial charge in [0.05, 0.1) is 19.3 Å². The summed E-state index contributed by atoms with van der Waals surface area (Å²) in [6.07, 6.45) is -8.38. The zero-order valence-corrected chi connectivity index (χ0v) is 24.2. The Labute approximate surface area is 241 Å². The fourth-order valence-corrected chi connectivity index (χ4v) is 3.89. The van der Waals surface area contributed by atoms with E-state index in [1.807, 2.05) is 0 Å². The molecular weight excluding hydrogens is 566 g/mol. The molecule has 0 aliphatic carbocycles. The van der Waals surface area contributed by atoms with E-state index in [1.165, 1.54) is 13.8 Å². The molecule has 0 saturated carbocycles. The van der Waals surface area contributed by atoms with Crippen molar-refractivity contribution in [2.45, 2.75) is 102 Å². The van der Waals surface area contributed by atoms with Gasteiger partial charge in [-0.1, -0.05) is 0 Å². The second-order valence-electron chi connectivity index (χ2n) is 10.1. The van der Waals surface area contributed by atoms with Crippen molar-refractivity contribution in [3.8, 4) is 0 Å². The largest absolute Gasteiger partial charge is 0.480 e. The van der Waals surface area contributed by atoms with Crippen molar-refractivity contribution in [3.05, 3.63) is 0 Å². The number of aliphatic carboxylic acids is 1. The van der Waals surface area contributed by atoms with Crippen LogP contribution in [0.25, 0.3) is 0 Å². The van der Waals surface area contributed by atoms with Gasteiger partial charge in [-0.3, -0.25) is 28.8 Å². The lowest BCUT2D eigenvalue weighted by molar-refractivity contribution is -0.248. The first-order chi connectivity index (χ1) is 19.4. The zero-order valence-electron chi connectivity index (χ0n) is 24.2. The quantitative estimate of drug-likeness (QED) is 0.103. The molecule has 0 aromatic carbocycles. The Hall–Kier alpha value is -3.83. The van der Waals surface area contributed by atoms with Gasteiger partial charge in [-0.25, -0.2) is 4.79 Å². The van der Waals surface area contributed by atoms with Gasteiger partial charge in [0.1, 0.15) is 30.4 Å². The Kier molecular flexibility index (Phi) is 13.8. The maximum absolute atomic E-state index is 13.2. The van der Waals surface area contributed by atoms with E-state index in [0.29, 0.717) is 0 Å². The molecule has 1 rings (SSSR count). The third kappa shape index (κ3) is 11.2. The second-order valence-corrected chi connectivity index (χ2v) is 10.1. The number of rotatable bonds is 14. The average Bonchev–Trinajstić information content (AvgIpc) is 2.88. The number of esters is 4. The summed E-state index contributed by atoms with van der Waals surface area (Å²) in [6, 6.07) is -2.87. The minimum atomic E-state index is -1.79. The summed E-state index contributed by atoms with van der Waals surface area (Å²) in [5, 5.41) is 25.2. The topological polar surface area (TPSA) is 256 Å². The van der Waals surface area contributed by atoms with Crippen molar-refractivity contribution >= 4 is 41.7 Å². The molecule has 0 radical (unpaired) electrons. The van der Waals surface area contributed by atoms with Crippen LogP contribution in [0.5, 0.6) is 0 Å². The van der Waals surface area contributed by atoms with Crippen LogP contribution in [0.15, 0.2) is 0 Å². The molecule has 0 spiro atoms. The number of aliphatic hydroxyl groups excluding tert-OH is 1. The standard InChI is InChI=1S/C25H39N3O14/c1-11(29)39-10-17-20(40-12(2)30)21(41-13(3)31)19(33)16(42-17)9-15(23(35)28-25(4,5)24(36)37)27-22(34)14(26)7-8-18(32)38-6/h14-17,19-21,33H,7-10,26H2,1-6H3,(H,27,34)(H,28,35)(H,36,37)/t14-,15-,16-,17+,19-,20+,21+/m0/s1. The number of methoxy groups -OCH3 is 1. The van der Waals surface area contributed by atoms with E-state index >= 15 is 0 Å². The van der Waals surface area contributed by atoms with Crippen LogP contribution in [-0.2, 0) is 57.2 Å². The molecule has 0 unspecified atom stereocenters. The molecule has 6 N–H and O–H groups in total. The molecule has 1 saturated heterocycles. The summed E-state index contributed by atoms with van der Waals surface area (Å²) >= 11 is 0. The van der Waals surface area contributed by atoms with E-state index < -0.39 is 103 Å². The highest BCUT2D eigenvalue weighted by atomic mass is 16.6. The van der Waals surface area contributed by atoms with Gasteiger partial charge in [-0.15, -0.1) is 0 Å². The first-order valence-corrected chi connectivity index (χ1v) is 12.9. The zero-order chi connectivity index (χ0) is 32.4. The van der Waals surface area contributed by atoms with E-state index in [1.54, 1.807) is 0 Å². The summed E-state index contributed by atoms with van der Waals surface area (Å²) in [5.74, 6) is -6.37.